The van der Waals surface area contributed by atoms with Crippen LogP contribution in [0, 0.1) is 0 Å². The molecule has 1 N–H and O–H groups in total. The Bertz CT molecular complexity index is 643. The van der Waals surface area contributed by atoms with Gasteiger partial charge in [0.15, 0.2) is 6.61 Å². The summed E-state index contributed by atoms with van der Waals surface area (Å²) in [4.78, 5) is 13.9. The van der Waals surface area contributed by atoms with Gasteiger partial charge < -0.3 is 10.1 Å². The maximum atomic E-state index is 11.7. The predicted molar refractivity (Wildman–Crippen MR) is 92.8 cm³/mol. The Kier molecular flexibility index (Phi) is 6.85. The molecule has 1 aliphatic heterocycles. The zero-order chi connectivity index (χ0) is 17.6. The number of ether oxygens (including phenoxy) is 1. The van der Waals surface area contributed by atoms with E-state index in [0.29, 0.717) is 50.0 Å². The standard InChI is InChI=1S/C15H22ClN3O4S/c1-24(21,22)19-10-8-18(9-11-19)7-6-17-15(20)12-23-14-4-2-13(16)3-5-14/h2-5H,6-12H2,1H3,(H,17,20). The van der Waals surface area contributed by atoms with Crippen LogP contribution in [0.3, 0.4) is 0 Å². The number of carbonyl (C=O) groups excluding carboxylic acids is 1. The highest BCUT2D eigenvalue weighted by Gasteiger charge is 2.22. The first-order valence-corrected chi connectivity index (χ1v) is 9.90. The van der Waals surface area contributed by atoms with E-state index in [2.05, 4.69) is 10.2 Å². The predicted octanol–water partition coefficient (Wildman–Crippen LogP) is 0.412. The van der Waals surface area contributed by atoms with Gasteiger partial charge in [-0.1, -0.05) is 11.6 Å². The van der Waals surface area contributed by atoms with Gasteiger partial charge in [-0.2, -0.15) is 4.31 Å². The molecule has 0 bridgehead atoms. The maximum Gasteiger partial charge on any atom is 0.257 e. The number of hydrogen-bond donors (Lipinski definition) is 1. The molecule has 0 spiro atoms. The number of nitrogens with zero attached hydrogens (tertiary/aromatic N) is 2. The van der Waals surface area contributed by atoms with Crippen molar-refractivity contribution in [1.82, 2.24) is 14.5 Å². The molecule has 0 radical (unpaired) electrons. The summed E-state index contributed by atoms with van der Waals surface area (Å²) < 4.78 is 29.7. The average molecular weight is 376 g/mol. The Morgan fingerprint density at radius 1 is 1.21 bits per heavy atom. The van der Waals surface area contributed by atoms with Gasteiger partial charge in [-0.05, 0) is 24.3 Å². The summed E-state index contributed by atoms with van der Waals surface area (Å²) in [6.07, 6.45) is 1.23. The number of rotatable bonds is 7. The van der Waals surface area contributed by atoms with Crippen molar-refractivity contribution in [2.24, 2.45) is 0 Å². The minimum atomic E-state index is -3.11. The molecule has 0 aromatic heterocycles. The number of piperazine rings is 1. The molecule has 0 aliphatic carbocycles. The second kappa shape index (κ2) is 8.66. The maximum absolute atomic E-state index is 11.7. The lowest BCUT2D eigenvalue weighted by atomic mass is 10.3. The number of amides is 1. The van der Waals surface area contributed by atoms with Gasteiger partial charge in [0.05, 0.1) is 6.26 Å². The Hall–Kier alpha value is -1.35. The molecule has 2 rings (SSSR count). The number of hydrogen-bond acceptors (Lipinski definition) is 5. The normalized spacial score (nSPS) is 16.8. The summed E-state index contributed by atoms with van der Waals surface area (Å²) in [6, 6.07) is 6.81. The van der Waals surface area contributed by atoms with Gasteiger partial charge in [-0.3, -0.25) is 9.69 Å². The molecular formula is C15H22ClN3O4S. The van der Waals surface area contributed by atoms with Crippen LogP contribution in [0.4, 0.5) is 0 Å². The van der Waals surface area contributed by atoms with E-state index >= 15 is 0 Å². The molecule has 0 saturated carbocycles. The monoisotopic (exact) mass is 375 g/mol. The van der Waals surface area contributed by atoms with Gasteiger partial charge in [-0.15, -0.1) is 0 Å². The first kappa shape index (κ1) is 19.0. The third-order valence-corrected chi connectivity index (χ3v) is 5.29. The molecule has 1 aromatic rings. The van der Waals surface area contributed by atoms with Crippen LogP contribution < -0.4 is 10.1 Å². The van der Waals surface area contributed by atoms with Crippen molar-refractivity contribution in [3.05, 3.63) is 29.3 Å². The SMILES string of the molecule is CS(=O)(=O)N1CCN(CCNC(=O)COc2ccc(Cl)cc2)CC1. The quantitative estimate of drug-likeness (QED) is 0.747. The van der Waals surface area contributed by atoms with E-state index < -0.39 is 10.0 Å². The van der Waals surface area contributed by atoms with Crippen molar-refractivity contribution >= 4 is 27.5 Å². The summed E-state index contributed by atoms with van der Waals surface area (Å²) in [5.41, 5.74) is 0. The van der Waals surface area contributed by atoms with E-state index in [1.165, 1.54) is 10.6 Å². The van der Waals surface area contributed by atoms with E-state index in [0.717, 1.165) is 0 Å². The van der Waals surface area contributed by atoms with E-state index in [9.17, 15) is 13.2 Å². The van der Waals surface area contributed by atoms with Gasteiger partial charge >= 0.3 is 0 Å². The van der Waals surface area contributed by atoms with E-state index in [-0.39, 0.29) is 12.5 Å². The summed E-state index contributed by atoms with van der Waals surface area (Å²) in [6.45, 7) is 3.46. The van der Waals surface area contributed by atoms with Crippen molar-refractivity contribution in [3.8, 4) is 5.75 Å². The largest absolute Gasteiger partial charge is 0.484 e. The average Bonchev–Trinajstić information content (AvgIpc) is 2.54. The number of nitrogens with one attached hydrogen (secondary N) is 1. The minimum absolute atomic E-state index is 0.0521. The van der Waals surface area contributed by atoms with Crippen LogP contribution in [0.2, 0.25) is 5.02 Å². The summed E-state index contributed by atoms with van der Waals surface area (Å²) in [5.74, 6) is 0.395. The molecule has 1 heterocycles. The number of benzene rings is 1. The molecule has 1 aromatic carbocycles. The van der Waals surface area contributed by atoms with Crippen LogP contribution in [0.1, 0.15) is 0 Å². The van der Waals surface area contributed by atoms with Crippen LogP contribution in [0.5, 0.6) is 5.75 Å². The number of sulfonamides is 1. The molecule has 134 valence electrons. The van der Waals surface area contributed by atoms with Gasteiger partial charge in [0.1, 0.15) is 5.75 Å². The Balaban J connectivity index is 1.60. The van der Waals surface area contributed by atoms with Gasteiger partial charge in [0, 0.05) is 44.3 Å². The highest BCUT2D eigenvalue weighted by atomic mass is 35.5. The van der Waals surface area contributed by atoms with E-state index in [4.69, 9.17) is 16.3 Å². The second-order valence-electron chi connectivity index (χ2n) is 5.60. The molecule has 1 amide bonds. The van der Waals surface area contributed by atoms with Crippen molar-refractivity contribution in [1.29, 1.82) is 0 Å². The lowest BCUT2D eigenvalue weighted by Gasteiger charge is -2.33. The van der Waals surface area contributed by atoms with Gasteiger partial charge in [0.25, 0.3) is 5.91 Å². The van der Waals surface area contributed by atoms with Gasteiger partial charge in [-0.25, -0.2) is 8.42 Å². The molecule has 24 heavy (non-hydrogen) atoms. The molecule has 7 nitrogen and oxygen atoms in total. The highest BCUT2D eigenvalue weighted by Crippen LogP contribution is 2.15. The van der Waals surface area contributed by atoms with Crippen molar-refractivity contribution in [3.63, 3.8) is 0 Å². The molecule has 1 saturated heterocycles. The van der Waals surface area contributed by atoms with Crippen LogP contribution in [-0.4, -0.2) is 75.7 Å². The third-order valence-electron chi connectivity index (χ3n) is 3.73. The molecular weight excluding hydrogens is 354 g/mol. The molecule has 9 heteroatoms. The fourth-order valence-corrected chi connectivity index (χ4v) is 3.32. The number of carbonyl (C=O) groups is 1. The van der Waals surface area contributed by atoms with Gasteiger partial charge in [0.2, 0.25) is 10.0 Å². The topological polar surface area (TPSA) is 79.0 Å². The van der Waals surface area contributed by atoms with Crippen molar-refractivity contribution in [2.45, 2.75) is 0 Å². The smallest absolute Gasteiger partial charge is 0.257 e. The highest BCUT2D eigenvalue weighted by molar-refractivity contribution is 7.88. The van der Waals surface area contributed by atoms with Crippen LogP contribution in [0.25, 0.3) is 0 Å². The van der Waals surface area contributed by atoms with Crippen LogP contribution in [-0.2, 0) is 14.8 Å². The molecule has 1 aliphatic rings. The zero-order valence-corrected chi connectivity index (χ0v) is 15.1. The summed E-state index contributed by atoms with van der Waals surface area (Å²) in [5, 5.41) is 3.40. The first-order chi connectivity index (χ1) is 11.3. The molecule has 0 unspecified atom stereocenters. The first-order valence-electron chi connectivity index (χ1n) is 7.67. The fraction of sp³-hybridized carbons (Fsp3) is 0.533. The number of halogens is 1. The van der Waals surface area contributed by atoms with Crippen LogP contribution >= 0.6 is 11.6 Å². The lowest BCUT2D eigenvalue weighted by molar-refractivity contribution is -0.123. The Morgan fingerprint density at radius 2 is 1.83 bits per heavy atom. The van der Waals surface area contributed by atoms with Crippen molar-refractivity contribution in [2.75, 3.05) is 52.1 Å². The molecule has 1 fully saturated rings. The van der Waals surface area contributed by atoms with E-state index in [1.54, 1.807) is 24.3 Å². The summed E-state index contributed by atoms with van der Waals surface area (Å²) in [7, 11) is -3.11. The second-order valence-corrected chi connectivity index (χ2v) is 8.02. The molecule has 0 atom stereocenters. The Labute approximate surface area is 147 Å². The third kappa shape index (κ3) is 6.27. The fourth-order valence-electron chi connectivity index (χ4n) is 2.37. The van der Waals surface area contributed by atoms with E-state index in [1.807, 2.05) is 0 Å². The van der Waals surface area contributed by atoms with Crippen LogP contribution in [0.15, 0.2) is 24.3 Å². The van der Waals surface area contributed by atoms with Crippen molar-refractivity contribution < 1.29 is 17.9 Å². The lowest BCUT2D eigenvalue weighted by Crippen LogP contribution is -2.50. The Morgan fingerprint density at radius 3 is 2.42 bits per heavy atom. The zero-order valence-electron chi connectivity index (χ0n) is 13.6. The summed E-state index contributed by atoms with van der Waals surface area (Å²) >= 11 is 5.77. The minimum Gasteiger partial charge on any atom is -0.484 e.